The summed E-state index contributed by atoms with van der Waals surface area (Å²) in [5.74, 6) is -1.58. The molecule has 0 radical (unpaired) electrons. The van der Waals surface area contributed by atoms with Gasteiger partial charge in [0.2, 0.25) is 0 Å². The molecule has 4 aliphatic carbocycles. The smallest absolute Gasteiger partial charge is 0.331 e. The van der Waals surface area contributed by atoms with Crippen LogP contribution >= 0.6 is 0 Å². The van der Waals surface area contributed by atoms with Gasteiger partial charge in [0, 0.05) is 29.2 Å². The van der Waals surface area contributed by atoms with Gasteiger partial charge in [-0.1, -0.05) is 6.92 Å². The Kier molecular flexibility index (Phi) is 7.20. The number of aliphatic hydroxyl groups excluding tert-OH is 6. The number of hydrogen-bond donors (Lipinski definition) is 7. The van der Waals surface area contributed by atoms with Crippen molar-refractivity contribution in [1.82, 2.24) is 0 Å². The van der Waals surface area contributed by atoms with Crippen LogP contribution in [0.2, 0.25) is 0 Å². The van der Waals surface area contributed by atoms with Crippen LogP contribution in [0.5, 0.6) is 0 Å². The molecule has 40 heavy (non-hydrogen) atoms. The Hall–Kier alpha value is -1.15. The van der Waals surface area contributed by atoms with Crippen molar-refractivity contribution >= 4 is 5.97 Å². The number of carbonyl (C=O) groups is 1. The summed E-state index contributed by atoms with van der Waals surface area (Å²) >= 11 is 0. The molecule has 11 nitrogen and oxygen atoms in total. The molecule has 15 atom stereocenters. The highest BCUT2D eigenvalue weighted by Gasteiger charge is 2.72. The van der Waals surface area contributed by atoms with Gasteiger partial charge in [0.15, 0.2) is 6.29 Å². The summed E-state index contributed by atoms with van der Waals surface area (Å²) in [7, 11) is 0. The molecular formula is C29H44O11. The van der Waals surface area contributed by atoms with E-state index < -0.39 is 71.4 Å². The van der Waals surface area contributed by atoms with Crippen LogP contribution in [0.15, 0.2) is 11.6 Å². The molecule has 6 aliphatic rings. The van der Waals surface area contributed by atoms with Crippen molar-refractivity contribution in [2.45, 2.75) is 113 Å². The number of aliphatic hydroxyl groups is 7. The summed E-state index contributed by atoms with van der Waals surface area (Å²) < 4.78 is 16.8. The van der Waals surface area contributed by atoms with E-state index >= 15 is 0 Å². The average molecular weight is 569 g/mol. The summed E-state index contributed by atoms with van der Waals surface area (Å²) in [6, 6.07) is 0. The van der Waals surface area contributed by atoms with Gasteiger partial charge in [-0.3, -0.25) is 0 Å². The van der Waals surface area contributed by atoms with Gasteiger partial charge >= 0.3 is 5.97 Å². The fourth-order valence-electron chi connectivity index (χ4n) is 10.1. The topological polar surface area (TPSA) is 186 Å². The zero-order valence-corrected chi connectivity index (χ0v) is 23.1. The monoisotopic (exact) mass is 568 g/mol. The molecule has 226 valence electrons. The second-order valence-corrected chi connectivity index (χ2v) is 13.6. The van der Waals surface area contributed by atoms with Gasteiger partial charge < -0.3 is 50.0 Å². The highest BCUT2D eigenvalue weighted by Crippen LogP contribution is 2.70. The van der Waals surface area contributed by atoms with Crippen molar-refractivity contribution in [3.05, 3.63) is 11.6 Å². The molecule has 0 spiro atoms. The lowest BCUT2D eigenvalue weighted by atomic mass is 9.41. The lowest BCUT2D eigenvalue weighted by Gasteiger charge is -2.66. The van der Waals surface area contributed by atoms with Gasteiger partial charge in [-0.2, -0.15) is 0 Å². The maximum Gasteiger partial charge on any atom is 0.331 e. The van der Waals surface area contributed by atoms with Gasteiger partial charge in [-0.25, -0.2) is 4.79 Å². The first-order valence-corrected chi connectivity index (χ1v) is 14.8. The van der Waals surface area contributed by atoms with Crippen molar-refractivity contribution in [1.29, 1.82) is 0 Å². The minimum atomic E-state index is -1.46. The van der Waals surface area contributed by atoms with Gasteiger partial charge in [0.1, 0.15) is 24.9 Å². The minimum absolute atomic E-state index is 0.102. The first-order valence-electron chi connectivity index (χ1n) is 14.8. The molecule has 1 saturated heterocycles. The number of ether oxygens (including phenoxy) is 3. The molecule has 2 heterocycles. The normalized spacial score (nSPS) is 56.1. The van der Waals surface area contributed by atoms with E-state index in [-0.39, 0.29) is 49.8 Å². The first kappa shape index (κ1) is 28.9. The number of cyclic esters (lactones) is 1. The summed E-state index contributed by atoms with van der Waals surface area (Å²) in [5, 5.41) is 77.4. The maximum atomic E-state index is 12.4. The van der Waals surface area contributed by atoms with E-state index in [1.54, 1.807) is 6.92 Å². The summed E-state index contributed by atoms with van der Waals surface area (Å²) in [6.45, 7) is 3.43. The predicted molar refractivity (Wildman–Crippen MR) is 137 cm³/mol. The maximum absolute atomic E-state index is 12.4. The van der Waals surface area contributed by atoms with Crippen LogP contribution in [0.4, 0.5) is 0 Å². The third-order valence-electron chi connectivity index (χ3n) is 12.1. The zero-order chi connectivity index (χ0) is 28.8. The molecule has 0 aromatic rings. The van der Waals surface area contributed by atoms with Gasteiger partial charge in [-0.05, 0) is 68.8 Å². The minimum Gasteiger partial charge on any atom is -0.458 e. The third-order valence-corrected chi connectivity index (χ3v) is 12.1. The molecule has 0 aromatic heterocycles. The fourth-order valence-corrected chi connectivity index (χ4v) is 10.1. The van der Waals surface area contributed by atoms with Crippen molar-refractivity contribution in [2.75, 3.05) is 13.2 Å². The molecule has 0 bridgehead atoms. The van der Waals surface area contributed by atoms with Crippen molar-refractivity contribution in [2.24, 2.45) is 34.5 Å². The standard InChI is InChI=1S/C29H44O11/c1-13-23(34)24(35)25(36)26(39-13)40-16-8-15-3-4-18-22(28(15,12-30)20(32)9-16)19(31)10-27(2)17(5-6-29(18,27)37)14-7-21(33)38-11-14/h7,13,15-20,22-26,30-32,34-37H,3-6,8-12H2,1-2H3/t13-,15-,16-,17-,18?,19-,20-,22?,23-,24+,25+,26-,27-,28-,29+/m1/s1. The van der Waals surface area contributed by atoms with Crippen molar-refractivity contribution < 1.29 is 54.8 Å². The second kappa shape index (κ2) is 9.96. The molecular weight excluding hydrogens is 524 g/mol. The van der Waals surface area contributed by atoms with Crippen LogP contribution in [0.1, 0.15) is 58.8 Å². The molecule has 11 heteroatoms. The number of rotatable bonds is 4. The predicted octanol–water partition coefficient (Wildman–Crippen LogP) is -0.630. The van der Waals surface area contributed by atoms with Crippen LogP contribution in [-0.4, -0.2) is 110 Å². The van der Waals surface area contributed by atoms with Crippen LogP contribution in [0.25, 0.3) is 0 Å². The number of hydrogen-bond acceptors (Lipinski definition) is 11. The van der Waals surface area contributed by atoms with E-state index in [0.29, 0.717) is 32.1 Å². The van der Waals surface area contributed by atoms with E-state index in [9.17, 15) is 40.5 Å². The molecule has 4 saturated carbocycles. The van der Waals surface area contributed by atoms with E-state index in [1.807, 2.05) is 6.92 Å². The SMILES string of the molecule is C[C@H]1O[C@H](O[C@@H]2C[C@H]3CCC4C([C@H](O)C[C@]5(C)[C@@H](C6=CC(=O)OC6)CC[C@]45O)[C@@]3(CO)[C@H](O)C2)[C@@H](O)[C@@H](O)[C@@H]1O. The summed E-state index contributed by atoms with van der Waals surface area (Å²) in [5.41, 5.74) is -2.01. The van der Waals surface area contributed by atoms with E-state index in [1.165, 1.54) is 6.08 Å². The Morgan fingerprint density at radius 1 is 1.05 bits per heavy atom. The van der Waals surface area contributed by atoms with E-state index in [0.717, 1.165) is 5.57 Å². The first-order chi connectivity index (χ1) is 18.9. The molecule has 0 aromatic carbocycles. The lowest BCUT2D eigenvalue weighted by molar-refractivity contribution is -0.320. The molecule has 2 aliphatic heterocycles. The average Bonchev–Trinajstić information content (AvgIpc) is 3.45. The van der Waals surface area contributed by atoms with Crippen LogP contribution in [-0.2, 0) is 19.0 Å². The van der Waals surface area contributed by atoms with Crippen LogP contribution in [0.3, 0.4) is 0 Å². The molecule has 7 N–H and O–H groups in total. The Bertz CT molecular complexity index is 1040. The van der Waals surface area contributed by atoms with Gasteiger partial charge in [0.25, 0.3) is 0 Å². The van der Waals surface area contributed by atoms with Crippen molar-refractivity contribution in [3.8, 4) is 0 Å². The molecule has 5 fully saturated rings. The fraction of sp³-hybridized carbons (Fsp3) is 0.897. The summed E-state index contributed by atoms with van der Waals surface area (Å²) in [6.07, 6.45) is -3.79. The van der Waals surface area contributed by atoms with E-state index in [2.05, 4.69) is 0 Å². The largest absolute Gasteiger partial charge is 0.458 e. The quantitative estimate of drug-likeness (QED) is 0.169. The van der Waals surface area contributed by atoms with Gasteiger partial charge in [0.05, 0.1) is 36.6 Å². The third kappa shape index (κ3) is 3.92. The van der Waals surface area contributed by atoms with Crippen molar-refractivity contribution in [3.63, 3.8) is 0 Å². The zero-order valence-electron chi connectivity index (χ0n) is 23.1. The van der Waals surface area contributed by atoms with Gasteiger partial charge in [-0.15, -0.1) is 0 Å². The Balaban J connectivity index is 1.25. The van der Waals surface area contributed by atoms with Crippen LogP contribution in [0, 0.1) is 34.5 Å². The number of fused-ring (bicyclic) bond motifs is 5. The Labute approximate surface area is 233 Å². The number of esters is 1. The Morgan fingerprint density at radius 3 is 2.48 bits per heavy atom. The Morgan fingerprint density at radius 2 is 1.80 bits per heavy atom. The molecule has 6 rings (SSSR count). The van der Waals surface area contributed by atoms with E-state index in [4.69, 9.17) is 14.2 Å². The molecule has 0 amide bonds. The van der Waals surface area contributed by atoms with Crippen LogP contribution < -0.4 is 0 Å². The number of carbonyl (C=O) groups excluding carboxylic acids is 1. The molecule has 2 unspecified atom stereocenters. The lowest BCUT2D eigenvalue weighted by Crippen LogP contribution is -2.70. The highest BCUT2D eigenvalue weighted by atomic mass is 16.7. The second-order valence-electron chi connectivity index (χ2n) is 13.6. The highest BCUT2D eigenvalue weighted by molar-refractivity contribution is 5.85. The summed E-state index contributed by atoms with van der Waals surface area (Å²) in [4.78, 5) is 11.8.